The van der Waals surface area contributed by atoms with Crippen LogP contribution in [0.3, 0.4) is 0 Å². The Balaban J connectivity index is 1.16. The molecule has 3 nitrogen and oxygen atoms in total. The predicted octanol–water partition coefficient (Wildman–Crippen LogP) is 11.4. The Hall–Kier alpha value is -6.19. The van der Waals surface area contributed by atoms with Gasteiger partial charge in [-0.2, -0.15) is 0 Å². The van der Waals surface area contributed by atoms with E-state index in [0.29, 0.717) is 0 Å². The lowest BCUT2D eigenvalue weighted by atomic mass is 9.98. The molecule has 3 aromatic heterocycles. The van der Waals surface area contributed by atoms with E-state index in [4.69, 9.17) is 4.98 Å². The van der Waals surface area contributed by atoms with Gasteiger partial charge in [0, 0.05) is 33.8 Å². The first kappa shape index (κ1) is 28.3. The molecule has 0 fully saturated rings. The van der Waals surface area contributed by atoms with Gasteiger partial charge in [-0.25, -0.2) is 4.98 Å². The summed E-state index contributed by atoms with van der Waals surface area (Å²) in [4.78, 5) is 5.02. The molecule has 0 amide bonds. The van der Waals surface area contributed by atoms with Crippen LogP contribution >= 0.6 is 0 Å². The number of fused-ring (bicyclic) bond motifs is 4. The number of nitrogens with zero attached hydrogens (tertiary/aromatic N) is 3. The normalized spacial score (nSPS) is 12.3. The predicted molar refractivity (Wildman–Crippen MR) is 199 cm³/mol. The molecule has 0 N–H and O–H groups in total. The number of aromatic nitrogens is 3. The van der Waals surface area contributed by atoms with Crippen molar-refractivity contribution < 1.29 is 0 Å². The molecule has 0 radical (unpaired) electrons. The zero-order valence-electron chi connectivity index (χ0n) is 26.2. The first-order chi connectivity index (χ1) is 23.2. The lowest BCUT2D eigenvalue weighted by Gasteiger charge is -2.11. The second kappa shape index (κ2) is 12.0. The van der Waals surface area contributed by atoms with Crippen LogP contribution in [0.25, 0.3) is 66.7 Å². The van der Waals surface area contributed by atoms with Crippen molar-refractivity contribution in [1.82, 2.24) is 14.0 Å². The molecule has 0 bridgehead atoms. The van der Waals surface area contributed by atoms with Crippen molar-refractivity contribution in [2.45, 2.75) is 6.92 Å². The first-order valence-electron chi connectivity index (χ1n) is 15.9. The SMILES string of the molecule is C=C/C(=C\C=C(/C)c1cccc(-c2cccc(-n3c4ccccc4c4ccccc43)c2)c1)c1nc2ccccn2c1-c1ccccc1. The molecule has 8 aromatic rings. The summed E-state index contributed by atoms with van der Waals surface area (Å²) >= 11 is 0. The standard InChI is InChI=1S/C44H33N3/c1-3-32(43-44(33-15-5-4-6-16-33)46-28-12-11-25-42(46)45-43)27-26-31(2)34-17-13-18-35(29-34)36-19-14-20-37(30-36)47-40-23-9-7-21-38(40)39-22-8-10-24-41(39)47/h3-30H,1H2,2H3/b31-26+,32-27+. The van der Waals surface area contributed by atoms with Gasteiger partial charge in [-0.3, -0.25) is 4.40 Å². The molecule has 47 heavy (non-hydrogen) atoms. The number of hydrogen-bond donors (Lipinski definition) is 0. The van der Waals surface area contributed by atoms with E-state index in [2.05, 4.69) is 162 Å². The molecule has 3 heteroatoms. The fourth-order valence-corrected chi connectivity index (χ4v) is 6.59. The van der Waals surface area contributed by atoms with Gasteiger partial charge >= 0.3 is 0 Å². The summed E-state index contributed by atoms with van der Waals surface area (Å²) in [6.45, 7) is 6.32. The summed E-state index contributed by atoms with van der Waals surface area (Å²) in [5.41, 5.74) is 13.2. The molecule has 0 aliphatic rings. The summed E-state index contributed by atoms with van der Waals surface area (Å²) in [5.74, 6) is 0. The number of hydrogen-bond acceptors (Lipinski definition) is 1. The van der Waals surface area contributed by atoms with Crippen molar-refractivity contribution >= 4 is 38.6 Å². The second-order valence-corrected chi connectivity index (χ2v) is 11.8. The van der Waals surface area contributed by atoms with Gasteiger partial charge in [-0.15, -0.1) is 0 Å². The summed E-state index contributed by atoms with van der Waals surface area (Å²) in [6, 6.07) is 51.4. The molecule has 0 saturated carbocycles. The minimum atomic E-state index is 0.908. The van der Waals surface area contributed by atoms with Crippen LogP contribution in [0.4, 0.5) is 0 Å². The summed E-state index contributed by atoms with van der Waals surface area (Å²) in [6.07, 6.45) is 8.27. The van der Waals surface area contributed by atoms with E-state index >= 15 is 0 Å². The van der Waals surface area contributed by atoms with Crippen LogP contribution in [0, 0.1) is 0 Å². The second-order valence-electron chi connectivity index (χ2n) is 11.8. The monoisotopic (exact) mass is 603 g/mol. The van der Waals surface area contributed by atoms with Crippen LogP contribution < -0.4 is 0 Å². The molecule has 224 valence electrons. The molecule has 0 atom stereocenters. The molecule has 0 spiro atoms. The van der Waals surface area contributed by atoms with E-state index in [1.807, 2.05) is 30.3 Å². The number of allylic oxidation sites excluding steroid dienone is 5. The highest BCUT2D eigenvalue weighted by Gasteiger charge is 2.16. The van der Waals surface area contributed by atoms with E-state index in [-0.39, 0.29) is 0 Å². The molecule has 0 aliphatic carbocycles. The Kier molecular flexibility index (Phi) is 7.20. The lowest BCUT2D eigenvalue weighted by molar-refractivity contribution is 1.18. The maximum absolute atomic E-state index is 5.02. The van der Waals surface area contributed by atoms with Gasteiger partial charge in [0.05, 0.1) is 22.4 Å². The largest absolute Gasteiger partial charge is 0.309 e. The molecular formula is C44H33N3. The number of benzene rings is 5. The summed E-state index contributed by atoms with van der Waals surface area (Å²) in [5, 5.41) is 2.53. The van der Waals surface area contributed by atoms with E-state index in [1.54, 1.807) is 0 Å². The van der Waals surface area contributed by atoms with Gasteiger partial charge in [-0.1, -0.05) is 128 Å². The number of para-hydroxylation sites is 2. The minimum Gasteiger partial charge on any atom is -0.309 e. The fourth-order valence-electron chi connectivity index (χ4n) is 6.59. The maximum Gasteiger partial charge on any atom is 0.137 e. The Morgan fingerprint density at radius 3 is 2.00 bits per heavy atom. The smallest absolute Gasteiger partial charge is 0.137 e. The molecule has 0 unspecified atom stereocenters. The minimum absolute atomic E-state index is 0.908. The van der Waals surface area contributed by atoms with Crippen molar-refractivity contribution in [1.29, 1.82) is 0 Å². The third-order valence-electron chi connectivity index (χ3n) is 8.92. The fraction of sp³-hybridized carbons (Fsp3) is 0.0227. The number of imidazole rings is 1. The highest BCUT2D eigenvalue weighted by atomic mass is 15.0. The van der Waals surface area contributed by atoms with Crippen molar-refractivity contribution in [3.63, 3.8) is 0 Å². The topological polar surface area (TPSA) is 22.2 Å². The summed E-state index contributed by atoms with van der Waals surface area (Å²) in [7, 11) is 0. The van der Waals surface area contributed by atoms with Gasteiger partial charge in [0.2, 0.25) is 0 Å². The van der Waals surface area contributed by atoms with Crippen LogP contribution in [0.15, 0.2) is 177 Å². The Morgan fingerprint density at radius 1 is 0.617 bits per heavy atom. The summed E-state index contributed by atoms with van der Waals surface area (Å²) < 4.78 is 4.52. The average Bonchev–Trinajstić information content (AvgIpc) is 3.69. The maximum atomic E-state index is 5.02. The lowest BCUT2D eigenvalue weighted by Crippen LogP contribution is -1.94. The third-order valence-corrected chi connectivity index (χ3v) is 8.92. The van der Waals surface area contributed by atoms with Crippen molar-refractivity contribution in [2.75, 3.05) is 0 Å². The van der Waals surface area contributed by atoms with Crippen LogP contribution in [0.2, 0.25) is 0 Å². The van der Waals surface area contributed by atoms with Gasteiger partial charge in [0.1, 0.15) is 5.65 Å². The third kappa shape index (κ3) is 5.08. The van der Waals surface area contributed by atoms with Gasteiger partial charge < -0.3 is 4.57 Å². The van der Waals surface area contributed by atoms with Crippen LogP contribution in [-0.4, -0.2) is 14.0 Å². The Morgan fingerprint density at radius 2 is 1.26 bits per heavy atom. The molecule has 8 rings (SSSR count). The number of rotatable bonds is 7. The van der Waals surface area contributed by atoms with E-state index in [0.717, 1.165) is 39.4 Å². The average molecular weight is 604 g/mol. The van der Waals surface area contributed by atoms with E-state index in [1.165, 1.54) is 38.5 Å². The van der Waals surface area contributed by atoms with Gasteiger partial charge in [0.25, 0.3) is 0 Å². The van der Waals surface area contributed by atoms with Crippen LogP contribution in [-0.2, 0) is 0 Å². The molecule has 5 aromatic carbocycles. The quantitative estimate of drug-likeness (QED) is 0.166. The van der Waals surface area contributed by atoms with Crippen LogP contribution in [0.5, 0.6) is 0 Å². The first-order valence-corrected chi connectivity index (χ1v) is 15.9. The van der Waals surface area contributed by atoms with Crippen molar-refractivity contribution in [3.8, 4) is 28.1 Å². The van der Waals surface area contributed by atoms with Crippen LogP contribution in [0.1, 0.15) is 18.2 Å². The van der Waals surface area contributed by atoms with Crippen molar-refractivity contribution in [2.24, 2.45) is 0 Å². The van der Waals surface area contributed by atoms with Gasteiger partial charge in [-0.05, 0) is 71.7 Å². The van der Waals surface area contributed by atoms with E-state index in [9.17, 15) is 0 Å². The Labute approximate surface area is 274 Å². The molecule has 0 aliphatic heterocycles. The zero-order valence-corrected chi connectivity index (χ0v) is 26.2. The Bertz CT molecular complexity index is 2430. The van der Waals surface area contributed by atoms with Gasteiger partial charge in [0.15, 0.2) is 0 Å². The van der Waals surface area contributed by atoms with E-state index < -0.39 is 0 Å². The molecular weight excluding hydrogens is 571 g/mol. The molecule has 0 saturated heterocycles. The highest BCUT2D eigenvalue weighted by Crippen LogP contribution is 2.34. The highest BCUT2D eigenvalue weighted by molar-refractivity contribution is 6.09. The zero-order chi connectivity index (χ0) is 31.7. The van der Waals surface area contributed by atoms with Crippen molar-refractivity contribution in [3.05, 3.63) is 188 Å². The molecule has 3 heterocycles. The number of pyridine rings is 1.